The van der Waals surface area contributed by atoms with Gasteiger partial charge in [-0.15, -0.1) is 0 Å². The summed E-state index contributed by atoms with van der Waals surface area (Å²) in [6, 6.07) is 20.0. The van der Waals surface area contributed by atoms with Crippen molar-refractivity contribution in [2.45, 2.75) is 62.3 Å². The lowest BCUT2D eigenvalue weighted by molar-refractivity contribution is 1.34. The van der Waals surface area contributed by atoms with Crippen LogP contribution in [-0.2, 0) is 0 Å². The molecule has 0 nitrogen and oxygen atoms in total. The van der Waals surface area contributed by atoms with Crippen LogP contribution in [0.25, 0.3) is 21.9 Å². The molecule has 0 saturated carbocycles. The Hall–Kier alpha value is -2.08. The van der Waals surface area contributed by atoms with E-state index in [4.69, 9.17) is 0 Å². The zero-order valence-electron chi connectivity index (χ0n) is 17.7. The fourth-order valence-electron chi connectivity index (χ4n) is 2.47. The maximum atomic E-state index is 2.28. The van der Waals surface area contributed by atoms with Crippen LogP contribution in [0.4, 0.5) is 0 Å². The van der Waals surface area contributed by atoms with Gasteiger partial charge in [-0.25, -0.2) is 0 Å². The Bertz CT molecular complexity index is 751. The first-order valence-electron chi connectivity index (χ1n) is 9.71. The molecule has 3 aromatic carbocycles. The van der Waals surface area contributed by atoms with Crippen molar-refractivity contribution < 1.29 is 0 Å². The second-order valence-corrected chi connectivity index (χ2v) is 5.36. The van der Waals surface area contributed by atoms with Crippen molar-refractivity contribution in [3.8, 4) is 11.1 Å². The highest BCUT2D eigenvalue weighted by Gasteiger charge is 2.01. The summed E-state index contributed by atoms with van der Waals surface area (Å²) >= 11 is 0. The van der Waals surface area contributed by atoms with Crippen molar-refractivity contribution in [1.29, 1.82) is 0 Å². The van der Waals surface area contributed by atoms with Crippen LogP contribution in [0.5, 0.6) is 0 Å². The van der Waals surface area contributed by atoms with Gasteiger partial charge in [0.2, 0.25) is 0 Å². The molecule has 0 bridgehead atoms. The van der Waals surface area contributed by atoms with Crippen LogP contribution in [0, 0.1) is 20.8 Å². The van der Waals surface area contributed by atoms with Gasteiger partial charge in [-0.2, -0.15) is 0 Å². The molecule has 0 fully saturated rings. The lowest BCUT2D eigenvalue weighted by atomic mass is 9.97. The normalized spacial score (nSPS) is 9.00. The molecule has 3 aromatic rings. The minimum absolute atomic E-state index is 1.29. The molecule has 3 rings (SSSR count). The zero-order valence-corrected chi connectivity index (χ0v) is 17.7. The van der Waals surface area contributed by atoms with E-state index < -0.39 is 0 Å². The summed E-state index contributed by atoms with van der Waals surface area (Å²) in [7, 11) is 0. The topological polar surface area (TPSA) is 0 Å². The molecule has 25 heavy (non-hydrogen) atoms. The molecule has 0 atom stereocenters. The summed E-state index contributed by atoms with van der Waals surface area (Å²) in [4.78, 5) is 0. The van der Waals surface area contributed by atoms with E-state index in [0.717, 1.165) is 0 Å². The molecule has 0 aliphatic rings. The van der Waals surface area contributed by atoms with Gasteiger partial charge in [0.25, 0.3) is 0 Å². The largest absolute Gasteiger partial charge is 0.0683 e. The Balaban J connectivity index is 0.000000871. The summed E-state index contributed by atoms with van der Waals surface area (Å²) in [5, 5.41) is 2.62. The zero-order chi connectivity index (χ0) is 19.4. The summed E-state index contributed by atoms with van der Waals surface area (Å²) in [6.45, 7) is 18.5. The van der Waals surface area contributed by atoms with E-state index in [1.807, 2.05) is 41.5 Å². The molecule has 0 unspecified atom stereocenters. The lowest BCUT2D eigenvalue weighted by Gasteiger charge is -2.07. The number of hydrogen-bond acceptors (Lipinski definition) is 0. The second-order valence-electron chi connectivity index (χ2n) is 5.36. The summed E-state index contributed by atoms with van der Waals surface area (Å²) in [5.74, 6) is 0. The standard InChI is InChI=1S/C19H18.3C2H6/c1-13-4-6-18-12-19(9-8-16(18)10-13)17-7-5-14(2)15(3)11-17;3*1-2/h4-12H,1-3H3;3*1-2H3. The van der Waals surface area contributed by atoms with Crippen molar-refractivity contribution >= 4 is 10.8 Å². The summed E-state index contributed by atoms with van der Waals surface area (Å²) in [5.41, 5.74) is 6.60. The molecule has 0 aromatic heterocycles. The molecule has 0 aliphatic carbocycles. The Kier molecular flexibility index (Phi) is 11.3. The maximum Gasteiger partial charge on any atom is -0.0178 e. The molecule has 0 N–H and O–H groups in total. The Morgan fingerprint density at radius 2 is 0.920 bits per heavy atom. The Morgan fingerprint density at radius 3 is 1.52 bits per heavy atom. The first-order valence-corrected chi connectivity index (χ1v) is 9.71. The third-order valence-electron chi connectivity index (χ3n) is 3.84. The van der Waals surface area contributed by atoms with Gasteiger partial charge in [0.1, 0.15) is 0 Å². The van der Waals surface area contributed by atoms with E-state index in [2.05, 4.69) is 75.4 Å². The number of fused-ring (bicyclic) bond motifs is 1. The Morgan fingerprint density at radius 1 is 0.440 bits per heavy atom. The number of benzene rings is 3. The maximum absolute atomic E-state index is 2.28. The monoisotopic (exact) mass is 336 g/mol. The van der Waals surface area contributed by atoms with Crippen LogP contribution >= 0.6 is 0 Å². The van der Waals surface area contributed by atoms with E-state index in [9.17, 15) is 0 Å². The van der Waals surface area contributed by atoms with Gasteiger partial charge >= 0.3 is 0 Å². The molecule has 0 heteroatoms. The quantitative estimate of drug-likeness (QED) is 0.418. The van der Waals surface area contributed by atoms with Gasteiger partial charge < -0.3 is 0 Å². The van der Waals surface area contributed by atoms with E-state index in [1.54, 1.807) is 0 Å². The molecule has 136 valence electrons. The predicted octanol–water partition coefficient (Wildman–Crippen LogP) is 8.51. The van der Waals surface area contributed by atoms with Crippen molar-refractivity contribution in [3.63, 3.8) is 0 Å². The third-order valence-corrected chi connectivity index (χ3v) is 3.84. The molecule has 0 spiro atoms. The van der Waals surface area contributed by atoms with Crippen molar-refractivity contribution in [3.05, 3.63) is 71.3 Å². The van der Waals surface area contributed by atoms with Crippen LogP contribution in [0.3, 0.4) is 0 Å². The first kappa shape index (κ1) is 22.9. The van der Waals surface area contributed by atoms with Crippen molar-refractivity contribution in [1.82, 2.24) is 0 Å². The molecule has 0 heterocycles. The van der Waals surface area contributed by atoms with Crippen LogP contribution in [-0.4, -0.2) is 0 Å². The van der Waals surface area contributed by atoms with E-state index in [0.29, 0.717) is 0 Å². The molecule has 0 aliphatic heterocycles. The molecule has 0 saturated heterocycles. The van der Waals surface area contributed by atoms with Gasteiger partial charge in [-0.1, -0.05) is 95.6 Å². The van der Waals surface area contributed by atoms with Crippen LogP contribution in [0.1, 0.15) is 58.2 Å². The van der Waals surface area contributed by atoms with Crippen molar-refractivity contribution in [2.24, 2.45) is 0 Å². The smallest absolute Gasteiger partial charge is 0.0178 e. The SMILES string of the molecule is CC.CC.CC.Cc1ccc2cc(-c3ccc(C)c(C)c3)ccc2c1. The van der Waals surface area contributed by atoms with Crippen molar-refractivity contribution in [2.75, 3.05) is 0 Å². The fourth-order valence-corrected chi connectivity index (χ4v) is 2.47. The molecule has 0 amide bonds. The minimum Gasteiger partial charge on any atom is -0.0683 e. The molecule has 0 radical (unpaired) electrons. The van der Waals surface area contributed by atoms with Crippen LogP contribution < -0.4 is 0 Å². The second kappa shape index (κ2) is 12.3. The summed E-state index contributed by atoms with van der Waals surface area (Å²) < 4.78 is 0. The van der Waals surface area contributed by atoms with E-state index in [1.165, 1.54) is 38.6 Å². The highest BCUT2D eigenvalue weighted by molar-refractivity contribution is 5.87. The van der Waals surface area contributed by atoms with Gasteiger partial charge in [-0.3, -0.25) is 0 Å². The van der Waals surface area contributed by atoms with E-state index >= 15 is 0 Å². The van der Waals surface area contributed by atoms with Gasteiger partial charge in [-0.05, 0) is 59.9 Å². The lowest BCUT2D eigenvalue weighted by Crippen LogP contribution is -1.84. The number of rotatable bonds is 1. The predicted molar refractivity (Wildman–Crippen MR) is 118 cm³/mol. The van der Waals surface area contributed by atoms with Gasteiger partial charge in [0.05, 0.1) is 0 Å². The Labute approximate surface area is 155 Å². The average Bonchev–Trinajstić information content (AvgIpc) is 2.68. The fraction of sp³-hybridized carbons (Fsp3) is 0.360. The molecular weight excluding hydrogens is 300 g/mol. The molecular formula is C25H36. The highest BCUT2D eigenvalue weighted by atomic mass is 14.1. The number of hydrogen-bond donors (Lipinski definition) is 0. The number of aryl methyl sites for hydroxylation is 3. The highest BCUT2D eigenvalue weighted by Crippen LogP contribution is 2.26. The summed E-state index contributed by atoms with van der Waals surface area (Å²) in [6.07, 6.45) is 0. The first-order chi connectivity index (χ1) is 12.1. The third kappa shape index (κ3) is 6.38. The van der Waals surface area contributed by atoms with Crippen LogP contribution in [0.15, 0.2) is 54.6 Å². The van der Waals surface area contributed by atoms with Gasteiger partial charge in [0.15, 0.2) is 0 Å². The van der Waals surface area contributed by atoms with E-state index in [-0.39, 0.29) is 0 Å². The van der Waals surface area contributed by atoms with Gasteiger partial charge in [0, 0.05) is 0 Å². The minimum atomic E-state index is 1.29. The average molecular weight is 337 g/mol. The van der Waals surface area contributed by atoms with Crippen LogP contribution in [0.2, 0.25) is 0 Å².